The number of carbonyl (C=O) groups is 1. The lowest BCUT2D eigenvalue weighted by Crippen LogP contribution is -2.24. The lowest BCUT2D eigenvalue weighted by molar-refractivity contribution is -0.160. The van der Waals surface area contributed by atoms with Crippen molar-refractivity contribution in [2.45, 2.75) is 34.0 Å². The Labute approximate surface area is 138 Å². The molecule has 2 heterocycles. The molecule has 24 heavy (non-hydrogen) atoms. The number of hydrogen-bond acceptors (Lipinski definition) is 5. The zero-order valence-electron chi connectivity index (χ0n) is 13.9. The molecule has 0 unspecified atom stereocenters. The Morgan fingerprint density at radius 3 is 2.75 bits per heavy atom. The molecule has 0 radical (unpaired) electrons. The number of benzene rings is 1. The monoisotopic (exact) mass is 332 g/mol. The van der Waals surface area contributed by atoms with Gasteiger partial charge in [0.1, 0.15) is 6.33 Å². The molecule has 3 rings (SSSR count). The summed E-state index contributed by atoms with van der Waals surface area (Å²) in [6.45, 7) is 5.86. The van der Waals surface area contributed by atoms with Gasteiger partial charge in [0.2, 0.25) is 12.4 Å². The van der Waals surface area contributed by atoms with Gasteiger partial charge in [0, 0.05) is 0 Å². The van der Waals surface area contributed by atoms with Gasteiger partial charge in [-0.3, -0.25) is 14.0 Å². The fraction of sp³-hybridized carbons (Fsp3) is 0.375. The van der Waals surface area contributed by atoms with Gasteiger partial charge in [-0.25, -0.2) is 4.98 Å². The van der Waals surface area contributed by atoms with E-state index in [1.165, 1.54) is 4.74 Å². The first-order chi connectivity index (χ1) is 11.4. The van der Waals surface area contributed by atoms with Crippen LogP contribution in [-0.4, -0.2) is 25.6 Å². The van der Waals surface area contributed by atoms with Crippen molar-refractivity contribution >= 4 is 17.3 Å². The standard InChI is InChI=1S/C16H20N4O4/c1-16(2,3)15(21)22-11-20-13-14(23-18-24-20)19(10-17-13)9-12-7-5-4-6-8-12/h4-8,10,18H,9,11H2,1-3H3. The summed E-state index contributed by atoms with van der Waals surface area (Å²) >= 11 is 0. The van der Waals surface area contributed by atoms with E-state index in [0.29, 0.717) is 17.9 Å². The molecular weight excluding hydrogens is 312 g/mol. The van der Waals surface area contributed by atoms with Gasteiger partial charge in [-0.2, -0.15) is 0 Å². The van der Waals surface area contributed by atoms with Gasteiger partial charge < -0.3 is 9.26 Å². The molecule has 0 spiro atoms. The maximum absolute atomic E-state index is 11.9. The lowest BCUT2D eigenvalue weighted by atomic mass is 9.98. The molecule has 0 aliphatic rings. The SMILES string of the molecule is CC(C)(C)C(=O)OCn1o[nH]oc2c1ncn2Cc1ccccc1. The molecule has 3 aromatic rings. The molecular formula is C16H20N4O4. The minimum absolute atomic E-state index is 0.0954. The Hall–Kier alpha value is -2.90. The van der Waals surface area contributed by atoms with Crippen LogP contribution in [0.2, 0.25) is 0 Å². The van der Waals surface area contributed by atoms with Gasteiger partial charge in [-0.15, -0.1) is 4.74 Å². The molecule has 0 bridgehead atoms. The summed E-state index contributed by atoms with van der Waals surface area (Å²) in [5, 5.41) is 2.34. The van der Waals surface area contributed by atoms with Crippen molar-refractivity contribution in [1.82, 2.24) is 19.6 Å². The minimum Gasteiger partial charge on any atom is -0.440 e. The number of rotatable bonds is 4. The van der Waals surface area contributed by atoms with Gasteiger partial charge >= 0.3 is 5.97 Å². The number of fused-ring (bicyclic) bond motifs is 1. The van der Waals surface area contributed by atoms with Gasteiger partial charge in [-0.1, -0.05) is 35.7 Å². The Morgan fingerprint density at radius 1 is 1.29 bits per heavy atom. The maximum atomic E-state index is 11.9. The summed E-state index contributed by atoms with van der Waals surface area (Å²) in [6, 6.07) is 9.94. The molecule has 8 heteroatoms. The molecule has 0 aliphatic heterocycles. The number of ether oxygens (including phenoxy) is 1. The molecule has 2 aromatic heterocycles. The minimum atomic E-state index is -0.588. The highest BCUT2D eigenvalue weighted by atomic mass is 16.7. The van der Waals surface area contributed by atoms with Crippen LogP contribution in [-0.2, 0) is 22.8 Å². The largest absolute Gasteiger partial charge is 0.440 e. The molecule has 128 valence electrons. The average Bonchev–Trinajstić information content (AvgIpc) is 2.96. The van der Waals surface area contributed by atoms with Crippen molar-refractivity contribution in [2.75, 3.05) is 0 Å². The van der Waals surface area contributed by atoms with Crippen LogP contribution in [0, 0.1) is 5.41 Å². The number of carbonyl (C=O) groups excluding carboxylic acids is 1. The number of aromatic amines is 1. The number of nitrogens with one attached hydrogen (secondary N) is 1. The van der Waals surface area contributed by atoms with E-state index in [1.54, 1.807) is 27.1 Å². The fourth-order valence-corrected chi connectivity index (χ4v) is 2.10. The van der Waals surface area contributed by atoms with Gasteiger partial charge in [0.15, 0.2) is 0 Å². The highest BCUT2D eigenvalue weighted by Crippen LogP contribution is 2.17. The van der Waals surface area contributed by atoms with Crippen LogP contribution in [0.4, 0.5) is 0 Å². The van der Waals surface area contributed by atoms with E-state index in [-0.39, 0.29) is 12.7 Å². The van der Waals surface area contributed by atoms with Crippen LogP contribution in [0.5, 0.6) is 0 Å². The molecule has 0 atom stereocenters. The van der Waals surface area contributed by atoms with Crippen LogP contribution in [0.25, 0.3) is 11.4 Å². The van der Waals surface area contributed by atoms with E-state index in [4.69, 9.17) is 13.9 Å². The van der Waals surface area contributed by atoms with Crippen molar-refractivity contribution in [3.63, 3.8) is 0 Å². The highest BCUT2D eigenvalue weighted by molar-refractivity contribution is 5.75. The first-order valence-electron chi connectivity index (χ1n) is 7.58. The zero-order valence-corrected chi connectivity index (χ0v) is 13.9. The van der Waals surface area contributed by atoms with Crippen molar-refractivity contribution in [3.8, 4) is 0 Å². The van der Waals surface area contributed by atoms with Crippen LogP contribution >= 0.6 is 0 Å². The Kier molecular flexibility index (Phi) is 4.20. The summed E-state index contributed by atoms with van der Waals surface area (Å²) in [6.07, 6.45) is 1.65. The van der Waals surface area contributed by atoms with E-state index in [0.717, 1.165) is 5.56 Å². The van der Waals surface area contributed by atoms with E-state index < -0.39 is 5.41 Å². The van der Waals surface area contributed by atoms with Crippen molar-refractivity contribution < 1.29 is 18.7 Å². The van der Waals surface area contributed by atoms with Crippen LogP contribution in [0.15, 0.2) is 45.8 Å². The normalized spacial score (nSPS) is 11.6. The smallest absolute Gasteiger partial charge is 0.313 e. The van der Waals surface area contributed by atoms with Gasteiger partial charge in [-0.05, 0) is 26.3 Å². The van der Waals surface area contributed by atoms with Gasteiger partial charge in [0.25, 0.3) is 5.71 Å². The lowest BCUT2D eigenvalue weighted by Gasteiger charge is -2.16. The molecule has 0 amide bonds. The quantitative estimate of drug-likeness (QED) is 0.741. The molecule has 1 aromatic carbocycles. The zero-order chi connectivity index (χ0) is 17.2. The topological polar surface area (TPSA) is 91.1 Å². The fourth-order valence-electron chi connectivity index (χ4n) is 2.10. The van der Waals surface area contributed by atoms with E-state index in [1.807, 2.05) is 34.9 Å². The second kappa shape index (κ2) is 6.31. The van der Waals surface area contributed by atoms with Crippen LogP contribution in [0.1, 0.15) is 26.3 Å². The van der Waals surface area contributed by atoms with Crippen LogP contribution < -0.4 is 0 Å². The second-order valence-electron chi connectivity index (χ2n) is 6.45. The first kappa shape index (κ1) is 16.0. The number of nitrogens with zero attached hydrogens (tertiary/aromatic N) is 3. The Morgan fingerprint density at radius 2 is 2.04 bits per heavy atom. The number of H-pyrrole nitrogens is 1. The number of hydrogen-bond donors (Lipinski definition) is 1. The predicted molar refractivity (Wildman–Crippen MR) is 85.3 cm³/mol. The second-order valence-corrected chi connectivity index (χ2v) is 6.45. The van der Waals surface area contributed by atoms with Crippen molar-refractivity contribution in [3.05, 3.63) is 42.2 Å². The average molecular weight is 332 g/mol. The highest BCUT2D eigenvalue weighted by Gasteiger charge is 2.23. The Bertz CT molecular complexity index is 855. The van der Waals surface area contributed by atoms with Crippen molar-refractivity contribution in [2.24, 2.45) is 5.41 Å². The molecule has 1 N–H and O–H groups in total. The van der Waals surface area contributed by atoms with E-state index in [2.05, 4.69) is 10.3 Å². The molecule has 0 fully saturated rings. The predicted octanol–water partition coefficient (Wildman–Crippen LogP) is 3.07. The van der Waals surface area contributed by atoms with Gasteiger partial charge in [0.05, 0.1) is 12.0 Å². The van der Waals surface area contributed by atoms with Crippen LogP contribution in [0.3, 0.4) is 0 Å². The summed E-state index contributed by atoms with van der Waals surface area (Å²) in [7, 11) is 0. The summed E-state index contributed by atoms with van der Waals surface area (Å²) < 4.78 is 18.9. The molecule has 0 saturated carbocycles. The molecule has 0 saturated heterocycles. The molecule has 8 nitrogen and oxygen atoms in total. The van der Waals surface area contributed by atoms with E-state index >= 15 is 0 Å². The summed E-state index contributed by atoms with van der Waals surface area (Å²) in [5.41, 5.74) is 1.44. The van der Waals surface area contributed by atoms with Crippen molar-refractivity contribution in [1.29, 1.82) is 0 Å². The molecule has 0 aliphatic carbocycles. The first-order valence-corrected chi connectivity index (χ1v) is 7.58. The Balaban J connectivity index is 1.83. The third-order valence-electron chi connectivity index (χ3n) is 3.41. The summed E-state index contributed by atoms with van der Waals surface area (Å²) in [4.78, 5) is 16.2. The number of esters is 1. The third kappa shape index (κ3) is 3.37. The third-order valence-corrected chi connectivity index (χ3v) is 3.41. The summed E-state index contributed by atoms with van der Waals surface area (Å²) in [5.74, 6) is -0.331. The van der Waals surface area contributed by atoms with E-state index in [9.17, 15) is 4.79 Å². The number of imidazole rings is 1. The number of aromatic nitrogens is 4. The maximum Gasteiger partial charge on any atom is 0.313 e.